The van der Waals surface area contributed by atoms with Crippen molar-refractivity contribution in [1.29, 1.82) is 0 Å². The summed E-state index contributed by atoms with van der Waals surface area (Å²) in [5.41, 5.74) is 17.3. The van der Waals surface area contributed by atoms with Gasteiger partial charge in [-0.25, -0.2) is 16.7 Å². The monoisotopic (exact) mass is 674 g/mol. The Morgan fingerprint density at radius 1 is 0.714 bits per heavy atom. The van der Waals surface area contributed by atoms with E-state index in [-0.39, 0.29) is 35.6 Å². The molecule has 1 saturated carbocycles. The second-order valence-corrected chi connectivity index (χ2v) is 15.5. The van der Waals surface area contributed by atoms with Crippen molar-refractivity contribution in [3.8, 4) is 11.1 Å². The number of fused-ring (bicyclic) bond motifs is 5. The Morgan fingerprint density at radius 3 is 1.76 bits per heavy atom. The molecule has 42 heavy (non-hydrogen) atoms. The molecule has 0 nitrogen and oxygen atoms in total. The molecule has 0 saturated heterocycles. The van der Waals surface area contributed by atoms with Gasteiger partial charge in [-0.2, -0.15) is 11.6 Å². The molecule has 1 atom stereocenters. The van der Waals surface area contributed by atoms with Crippen LogP contribution in [0, 0.1) is 18.1 Å². The van der Waals surface area contributed by atoms with Crippen molar-refractivity contribution in [2.24, 2.45) is 5.92 Å². The number of hydrogen-bond donors (Lipinski definition) is 0. The molecule has 3 heteroatoms. The van der Waals surface area contributed by atoms with E-state index in [1.165, 1.54) is 98.9 Å². The van der Waals surface area contributed by atoms with Crippen LogP contribution in [0.2, 0.25) is 0 Å². The standard InChI is InChI=1S/C25H25.C8H11.C6H10.2ClH.Zr/c1-14-12-24(3,4)22-8-16-7-17-9-23-19(15(2)13-25(23,5)6)11-21(17)20(16)10-18(14)22;1-6-4-7(2)8(3)5-6;1-2-4-6-5-3-1;;;/h8-12H,7H2,1-6H3;4,6H,1-3H3;1-5H2;2*1H;/q2*-1;;;;+2/p-2. The second kappa shape index (κ2) is 13.4. The summed E-state index contributed by atoms with van der Waals surface area (Å²) in [6.45, 7) is 20.1. The summed E-state index contributed by atoms with van der Waals surface area (Å²) in [6.07, 6.45) is 20.0. The summed E-state index contributed by atoms with van der Waals surface area (Å²) in [6, 6.07) is 9.81. The SMILES string of the molecule is CC1=[C-]C(C)(C)c2cc3c(cc21)-c1cc2c(cc1C3)C(C)(C)C=C2C.CC1=[C-]C(C)C=C1C.[Cl-].[Cl-].[Zr+2]=[C]1CCCCC1. The molecule has 0 aromatic heterocycles. The Labute approximate surface area is 283 Å². The molecule has 0 radical (unpaired) electrons. The molecule has 2 aromatic carbocycles. The topological polar surface area (TPSA) is 0 Å². The molecule has 0 spiro atoms. The Bertz CT molecular complexity index is 1400. The minimum atomic E-state index is 0. The summed E-state index contributed by atoms with van der Waals surface area (Å²) in [4.78, 5) is 0. The van der Waals surface area contributed by atoms with Crippen LogP contribution in [-0.4, -0.2) is 3.21 Å². The average molecular weight is 677 g/mol. The van der Waals surface area contributed by atoms with Gasteiger partial charge >= 0.3 is 59.5 Å². The number of hydrogen-bond acceptors (Lipinski definition) is 0. The summed E-state index contributed by atoms with van der Waals surface area (Å²) in [5, 5.41) is 0. The van der Waals surface area contributed by atoms with Gasteiger partial charge in [-0.1, -0.05) is 78.0 Å². The summed E-state index contributed by atoms with van der Waals surface area (Å²) < 4.78 is 1.80. The summed E-state index contributed by atoms with van der Waals surface area (Å²) in [5.74, 6) is 0.551. The zero-order chi connectivity index (χ0) is 29.0. The van der Waals surface area contributed by atoms with Crippen molar-refractivity contribution in [2.45, 2.75) is 112 Å². The molecular weight excluding hydrogens is 631 g/mol. The second-order valence-electron chi connectivity index (χ2n) is 13.8. The number of benzene rings is 2. The van der Waals surface area contributed by atoms with E-state index in [4.69, 9.17) is 0 Å². The number of rotatable bonds is 0. The van der Waals surface area contributed by atoms with Crippen LogP contribution in [0.5, 0.6) is 0 Å². The predicted octanol–water partition coefficient (Wildman–Crippen LogP) is 4.46. The molecule has 0 amide bonds. The van der Waals surface area contributed by atoms with Crippen molar-refractivity contribution >= 4 is 14.4 Å². The van der Waals surface area contributed by atoms with Gasteiger partial charge in [0.05, 0.1) is 0 Å². The van der Waals surface area contributed by atoms with Crippen LogP contribution < -0.4 is 24.8 Å². The van der Waals surface area contributed by atoms with Gasteiger partial charge in [0.25, 0.3) is 0 Å². The number of allylic oxidation sites excluding steroid dienone is 8. The first-order chi connectivity index (χ1) is 18.8. The van der Waals surface area contributed by atoms with Gasteiger partial charge in [0.1, 0.15) is 0 Å². The van der Waals surface area contributed by atoms with Crippen molar-refractivity contribution in [3.63, 3.8) is 0 Å². The fraction of sp³-hybridized carbons (Fsp3) is 0.462. The van der Waals surface area contributed by atoms with Crippen LogP contribution in [0.25, 0.3) is 22.3 Å². The van der Waals surface area contributed by atoms with Crippen LogP contribution in [0.3, 0.4) is 0 Å². The molecule has 7 rings (SSSR count). The van der Waals surface area contributed by atoms with Gasteiger partial charge in [0, 0.05) is 5.41 Å². The Kier molecular flexibility index (Phi) is 11.2. The molecule has 0 N–H and O–H groups in total. The van der Waals surface area contributed by atoms with Gasteiger partial charge in [-0.3, -0.25) is 12.2 Å². The minimum absolute atomic E-state index is 0. The fourth-order valence-corrected chi connectivity index (χ4v) is 8.12. The first kappa shape index (κ1) is 35.2. The molecule has 2 aromatic rings. The maximum atomic E-state index is 3.65. The van der Waals surface area contributed by atoms with E-state index in [2.05, 4.69) is 111 Å². The zero-order valence-corrected chi connectivity index (χ0v) is 31.0. The van der Waals surface area contributed by atoms with Crippen LogP contribution in [0.4, 0.5) is 0 Å². The molecule has 1 unspecified atom stereocenters. The molecule has 222 valence electrons. The van der Waals surface area contributed by atoms with E-state index in [9.17, 15) is 0 Å². The molecular formula is C39H46Cl2Zr-2. The summed E-state index contributed by atoms with van der Waals surface area (Å²) in [7, 11) is 0. The Hall–Kier alpha value is -1.27. The van der Waals surface area contributed by atoms with Crippen LogP contribution in [0.15, 0.2) is 47.6 Å². The van der Waals surface area contributed by atoms with E-state index < -0.39 is 0 Å². The molecule has 1 fully saturated rings. The summed E-state index contributed by atoms with van der Waals surface area (Å²) >= 11 is 1.69. The first-order valence-corrected chi connectivity index (χ1v) is 16.5. The van der Waals surface area contributed by atoms with Crippen LogP contribution in [0.1, 0.15) is 128 Å². The molecule has 0 bridgehead atoms. The van der Waals surface area contributed by atoms with Gasteiger partial charge in [-0.15, -0.1) is 18.6 Å². The van der Waals surface area contributed by atoms with E-state index >= 15 is 0 Å². The van der Waals surface area contributed by atoms with E-state index in [1.54, 1.807) is 27.4 Å². The fourth-order valence-electron chi connectivity index (χ4n) is 7.25. The van der Waals surface area contributed by atoms with E-state index in [1.807, 2.05) is 0 Å². The average Bonchev–Trinajstić information content (AvgIpc) is 3.52. The Balaban J connectivity index is 0.000000236. The van der Waals surface area contributed by atoms with Gasteiger partial charge < -0.3 is 24.8 Å². The third-order valence-electron chi connectivity index (χ3n) is 9.42. The van der Waals surface area contributed by atoms with Crippen molar-refractivity contribution in [2.75, 3.05) is 0 Å². The maximum absolute atomic E-state index is 3.65. The van der Waals surface area contributed by atoms with Crippen LogP contribution >= 0.6 is 0 Å². The normalized spacial score (nSPS) is 21.3. The third-order valence-corrected chi connectivity index (χ3v) is 10.7. The molecule has 0 aliphatic heterocycles. The predicted molar refractivity (Wildman–Crippen MR) is 170 cm³/mol. The van der Waals surface area contributed by atoms with Crippen molar-refractivity contribution < 1.29 is 49.0 Å². The zero-order valence-electron chi connectivity index (χ0n) is 27.0. The van der Waals surface area contributed by atoms with E-state index in [0.29, 0.717) is 5.92 Å². The molecule has 5 aliphatic rings. The van der Waals surface area contributed by atoms with Gasteiger partial charge in [0.15, 0.2) is 0 Å². The van der Waals surface area contributed by atoms with Gasteiger partial charge in [0.2, 0.25) is 0 Å². The van der Waals surface area contributed by atoms with Crippen LogP contribution in [-0.2, 0) is 41.5 Å². The van der Waals surface area contributed by atoms with Gasteiger partial charge in [-0.05, 0) is 58.4 Å². The van der Waals surface area contributed by atoms with E-state index in [0.717, 1.165) is 6.42 Å². The number of halogens is 2. The molecule has 5 aliphatic carbocycles. The van der Waals surface area contributed by atoms with Crippen molar-refractivity contribution in [3.05, 3.63) is 93.1 Å². The first-order valence-electron chi connectivity index (χ1n) is 15.3. The molecule has 0 heterocycles. The Morgan fingerprint density at radius 2 is 1.29 bits per heavy atom. The van der Waals surface area contributed by atoms with Crippen molar-refractivity contribution in [1.82, 2.24) is 0 Å². The third kappa shape index (κ3) is 7.00. The quantitative estimate of drug-likeness (QED) is 0.309.